The Morgan fingerprint density at radius 3 is 2.22 bits per heavy atom. The average Bonchev–Trinajstić information content (AvgIpc) is 2.35. The largest absolute Gasteiger partial charge is 0.395 e. The van der Waals surface area contributed by atoms with Crippen molar-refractivity contribution in [3.05, 3.63) is 29.8 Å². The molecule has 1 unspecified atom stereocenters. The van der Waals surface area contributed by atoms with Gasteiger partial charge in [0.15, 0.2) is 0 Å². The minimum absolute atomic E-state index is 0.0298. The van der Waals surface area contributed by atoms with Gasteiger partial charge in [0.2, 0.25) is 10.0 Å². The zero-order valence-corrected chi connectivity index (χ0v) is 11.4. The second kappa shape index (κ2) is 6.29. The maximum Gasteiger partial charge on any atom is 0.243 e. The second-order valence-corrected chi connectivity index (χ2v) is 6.07. The molecule has 0 saturated heterocycles. The molecule has 18 heavy (non-hydrogen) atoms. The molecule has 0 aromatic heterocycles. The van der Waals surface area contributed by atoms with Gasteiger partial charge in [-0.1, -0.05) is 17.7 Å². The van der Waals surface area contributed by atoms with E-state index in [4.69, 9.17) is 10.2 Å². The SMILES string of the molecule is Cc1ccc(S(=O)(=O)N(CCO)C(C)CO)cc1. The van der Waals surface area contributed by atoms with Crippen molar-refractivity contribution in [2.24, 2.45) is 0 Å². The van der Waals surface area contributed by atoms with Gasteiger partial charge < -0.3 is 10.2 Å². The van der Waals surface area contributed by atoms with E-state index in [1.165, 1.54) is 12.1 Å². The summed E-state index contributed by atoms with van der Waals surface area (Å²) in [6, 6.07) is 5.92. The first-order valence-electron chi connectivity index (χ1n) is 5.73. The molecule has 6 heteroatoms. The van der Waals surface area contributed by atoms with Gasteiger partial charge in [0.1, 0.15) is 0 Å². The highest BCUT2D eigenvalue weighted by atomic mass is 32.2. The monoisotopic (exact) mass is 273 g/mol. The summed E-state index contributed by atoms with van der Waals surface area (Å²) in [5.74, 6) is 0. The first kappa shape index (κ1) is 15.1. The van der Waals surface area contributed by atoms with Gasteiger partial charge in [0.25, 0.3) is 0 Å². The molecule has 0 aliphatic heterocycles. The topological polar surface area (TPSA) is 77.8 Å². The highest BCUT2D eigenvalue weighted by molar-refractivity contribution is 7.89. The molecule has 0 bridgehead atoms. The van der Waals surface area contributed by atoms with Crippen LogP contribution in [0.3, 0.4) is 0 Å². The Hall–Kier alpha value is -0.950. The molecule has 1 atom stereocenters. The van der Waals surface area contributed by atoms with Crippen molar-refractivity contribution in [1.29, 1.82) is 0 Å². The van der Waals surface area contributed by atoms with E-state index < -0.39 is 16.1 Å². The number of aryl methyl sites for hydroxylation is 1. The molecule has 5 nitrogen and oxygen atoms in total. The molecule has 0 amide bonds. The minimum atomic E-state index is -3.68. The first-order chi connectivity index (χ1) is 8.43. The lowest BCUT2D eigenvalue weighted by atomic mass is 10.2. The van der Waals surface area contributed by atoms with Crippen molar-refractivity contribution >= 4 is 10.0 Å². The number of aliphatic hydroxyl groups is 2. The van der Waals surface area contributed by atoms with Gasteiger partial charge in [-0.2, -0.15) is 4.31 Å². The summed E-state index contributed by atoms with van der Waals surface area (Å²) in [5.41, 5.74) is 0.970. The van der Waals surface area contributed by atoms with Crippen LogP contribution in [0, 0.1) is 6.92 Å². The fourth-order valence-electron chi connectivity index (χ4n) is 1.61. The standard InChI is InChI=1S/C12H19NO4S/c1-10-3-5-12(6-4-10)18(16,17)13(7-8-14)11(2)9-15/h3-6,11,14-15H,7-9H2,1-2H3. The van der Waals surface area contributed by atoms with E-state index in [1.807, 2.05) is 6.92 Å². The number of hydrogen-bond donors (Lipinski definition) is 2. The van der Waals surface area contributed by atoms with Crippen LogP contribution < -0.4 is 0 Å². The molecular weight excluding hydrogens is 254 g/mol. The number of hydrogen-bond acceptors (Lipinski definition) is 4. The molecule has 0 radical (unpaired) electrons. The van der Waals surface area contributed by atoms with E-state index in [9.17, 15) is 8.42 Å². The quantitative estimate of drug-likeness (QED) is 0.784. The Labute approximate surface area is 108 Å². The molecule has 1 aromatic carbocycles. The molecule has 0 fully saturated rings. The van der Waals surface area contributed by atoms with Crippen LogP contribution in [0.15, 0.2) is 29.2 Å². The summed E-state index contributed by atoms with van der Waals surface area (Å²) in [4.78, 5) is 0.168. The molecule has 0 aliphatic carbocycles. The van der Waals surface area contributed by atoms with Crippen LogP contribution >= 0.6 is 0 Å². The molecular formula is C12H19NO4S. The molecule has 1 rings (SSSR count). The smallest absolute Gasteiger partial charge is 0.243 e. The third-order valence-corrected chi connectivity index (χ3v) is 4.73. The Morgan fingerprint density at radius 1 is 1.22 bits per heavy atom. The van der Waals surface area contributed by atoms with Crippen LogP contribution in [0.2, 0.25) is 0 Å². The Morgan fingerprint density at radius 2 is 1.78 bits per heavy atom. The zero-order valence-electron chi connectivity index (χ0n) is 10.6. The zero-order chi connectivity index (χ0) is 13.8. The summed E-state index contributed by atoms with van der Waals surface area (Å²) < 4.78 is 25.8. The molecule has 0 spiro atoms. The van der Waals surface area contributed by atoms with Crippen LogP contribution in [-0.4, -0.2) is 48.7 Å². The average molecular weight is 273 g/mol. The minimum Gasteiger partial charge on any atom is -0.395 e. The number of sulfonamides is 1. The summed E-state index contributed by atoms with van der Waals surface area (Å²) in [6.07, 6.45) is 0. The number of aliphatic hydroxyl groups excluding tert-OH is 2. The Balaban J connectivity index is 3.12. The van der Waals surface area contributed by atoms with Crippen molar-refractivity contribution < 1.29 is 18.6 Å². The van der Waals surface area contributed by atoms with Gasteiger partial charge in [-0.15, -0.1) is 0 Å². The third kappa shape index (κ3) is 3.29. The van der Waals surface area contributed by atoms with Gasteiger partial charge in [-0.25, -0.2) is 8.42 Å². The van der Waals surface area contributed by atoms with Gasteiger partial charge in [-0.3, -0.25) is 0 Å². The summed E-state index contributed by atoms with van der Waals surface area (Å²) in [6.45, 7) is 2.87. The summed E-state index contributed by atoms with van der Waals surface area (Å²) in [5, 5.41) is 18.0. The van der Waals surface area contributed by atoms with Gasteiger partial charge in [-0.05, 0) is 26.0 Å². The highest BCUT2D eigenvalue weighted by Gasteiger charge is 2.28. The molecule has 2 N–H and O–H groups in total. The van der Waals surface area contributed by atoms with E-state index in [-0.39, 0.29) is 24.7 Å². The third-order valence-electron chi connectivity index (χ3n) is 2.70. The lowest BCUT2D eigenvalue weighted by molar-refractivity contribution is 0.173. The van der Waals surface area contributed by atoms with Gasteiger partial charge in [0.05, 0.1) is 18.1 Å². The maximum atomic E-state index is 12.3. The van der Waals surface area contributed by atoms with Crippen LogP contribution in [0.4, 0.5) is 0 Å². The summed E-state index contributed by atoms with van der Waals surface area (Å²) >= 11 is 0. The molecule has 102 valence electrons. The Kier molecular flexibility index (Phi) is 5.28. The molecule has 1 aromatic rings. The van der Waals surface area contributed by atoms with E-state index in [0.29, 0.717) is 0 Å². The predicted octanol–water partition coefficient (Wildman–Crippen LogP) is 0.359. The van der Waals surface area contributed by atoms with Crippen molar-refractivity contribution in [3.63, 3.8) is 0 Å². The molecule has 0 aliphatic rings. The van der Waals surface area contributed by atoms with Gasteiger partial charge >= 0.3 is 0 Å². The first-order valence-corrected chi connectivity index (χ1v) is 7.17. The van der Waals surface area contributed by atoms with Gasteiger partial charge in [0, 0.05) is 12.6 Å². The summed E-state index contributed by atoms with van der Waals surface area (Å²) in [7, 11) is -3.68. The van der Waals surface area contributed by atoms with Crippen LogP contribution in [0.1, 0.15) is 12.5 Å². The van der Waals surface area contributed by atoms with Crippen molar-refractivity contribution in [2.75, 3.05) is 19.8 Å². The van der Waals surface area contributed by atoms with E-state index in [0.717, 1.165) is 9.87 Å². The molecule has 0 saturated carbocycles. The number of rotatable bonds is 6. The highest BCUT2D eigenvalue weighted by Crippen LogP contribution is 2.18. The molecule has 0 heterocycles. The second-order valence-electron chi connectivity index (χ2n) is 4.18. The van der Waals surface area contributed by atoms with E-state index in [2.05, 4.69) is 0 Å². The Bertz CT molecular complexity index is 469. The van der Waals surface area contributed by atoms with Crippen molar-refractivity contribution in [1.82, 2.24) is 4.31 Å². The van der Waals surface area contributed by atoms with Crippen LogP contribution in [0.25, 0.3) is 0 Å². The lowest BCUT2D eigenvalue weighted by Crippen LogP contribution is -2.42. The van der Waals surface area contributed by atoms with E-state index >= 15 is 0 Å². The van der Waals surface area contributed by atoms with Crippen LogP contribution in [-0.2, 0) is 10.0 Å². The van der Waals surface area contributed by atoms with E-state index in [1.54, 1.807) is 19.1 Å². The maximum absolute atomic E-state index is 12.3. The van der Waals surface area contributed by atoms with Crippen molar-refractivity contribution in [2.45, 2.75) is 24.8 Å². The normalized spacial score (nSPS) is 13.8. The predicted molar refractivity (Wildman–Crippen MR) is 68.7 cm³/mol. The lowest BCUT2D eigenvalue weighted by Gasteiger charge is -2.26. The number of benzene rings is 1. The number of nitrogens with zero attached hydrogens (tertiary/aromatic N) is 1. The fraction of sp³-hybridized carbons (Fsp3) is 0.500. The van der Waals surface area contributed by atoms with Crippen molar-refractivity contribution in [3.8, 4) is 0 Å². The fourth-order valence-corrected chi connectivity index (χ4v) is 3.23. The van der Waals surface area contributed by atoms with Crippen LogP contribution in [0.5, 0.6) is 0 Å².